The standard InChI is InChI=1S/C10H16N2OS/c1-8-7-14-9(12-8)10(11-2)3-5-13-6-4-10/h7,11H,3-6H2,1-2H3. The second kappa shape index (κ2) is 3.96. The van der Waals surface area contributed by atoms with Crippen LogP contribution in [-0.4, -0.2) is 25.2 Å². The number of aryl methyl sites for hydroxylation is 1. The molecule has 1 aromatic heterocycles. The fraction of sp³-hybridized carbons (Fsp3) is 0.700. The lowest BCUT2D eigenvalue weighted by Gasteiger charge is -2.35. The molecule has 3 nitrogen and oxygen atoms in total. The first-order valence-corrected chi connectivity index (χ1v) is 5.84. The maximum absolute atomic E-state index is 5.39. The van der Waals surface area contributed by atoms with Gasteiger partial charge in [0.25, 0.3) is 0 Å². The predicted octanol–water partition coefficient (Wildman–Crippen LogP) is 1.68. The largest absolute Gasteiger partial charge is 0.381 e. The van der Waals surface area contributed by atoms with Crippen LogP contribution in [0.2, 0.25) is 0 Å². The highest BCUT2D eigenvalue weighted by Crippen LogP contribution is 2.33. The molecule has 1 saturated heterocycles. The first-order valence-electron chi connectivity index (χ1n) is 4.96. The second-order valence-corrected chi connectivity index (χ2v) is 4.60. The molecule has 0 aromatic carbocycles. The van der Waals surface area contributed by atoms with E-state index in [1.807, 2.05) is 14.0 Å². The van der Waals surface area contributed by atoms with Crippen molar-refractivity contribution < 1.29 is 4.74 Å². The summed E-state index contributed by atoms with van der Waals surface area (Å²) in [6, 6.07) is 0. The molecule has 0 amide bonds. The molecular formula is C10H16N2OS. The molecule has 0 spiro atoms. The van der Waals surface area contributed by atoms with Crippen LogP contribution in [0.1, 0.15) is 23.5 Å². The molecule has 2 rings (SSSR count). The molecule has 1 aliphatic rings. The average Bonchev–Trinajstić information content (AvgIpc) is 2.66. The van der Waals surface area contributed by atoms with Crippen LogP contribution in [0.4, 0.5) is 0 Å². The van der Waals surface area contributed by atoms with Gasteiger partial charge in [-0.05, 0) is 26.8 Å². The fourth-order valence-electron chi connectivity index (χ4n) is 1.86. The van der Waals surface area contributed by atoms with Gasteiger partial charge >= 0.3 is 0 Å². The Balaban J connectivity index is 2.26. The topological polar surface area (TPSA) is 34.2 Å². The van der Waals surface area contributed by atoms with E-state index in [1.54, 1.807) is 11.3 Å². The van der Waals surface area contributed by atoms with Crippen molar-refractivity contribution in [1.82, 2.24) is 10.3 Å². The molecule has 14 heavy (non-hydrogen) atoms. The second-order valence-electron chi connectivity index (χ2n) is 3.74. The molecule has 78 valence electrons. The fourth-order valence-corrected chi connectivity index (χ4v) is 2.93. The molecule has 0 atom stereocenters. The van der Waals surface area contributed by atoms with Crippen molar-refractivity contribution in [2.75, 3.05) is 20.3 Å². The lowest BCUT2D eigenvalue weighted by molar-refractivity contribution is 0.0397. The number of nitrogens with zero attached hydrogens (tertiary/aromatic N) is 1. The van der Waals surface area contributed by atoms with Crippen LogP contribution in [0.3, 0.4) is 0 Å². The Morgan fingerprint density at radius 2 is 2.21 bits per heavy atom. The minimum atomic E-state index is 0.0666. The van der Waals surface area contributed by atoms with Crippen molar-refractivity contribution in [1.29, 1.82) is 0 Å². The highest BCUT2D eigenvalue weighted by atomic mass is 32.1. The molecule has 1 aromatic rings. The summed E-state index contributed by atoms with van der Waals surface area (Å²) in [4.78, 5) is 4.58. The van der Waals surface area contributed by atoms with Gasteiger partial charge in [-0.25, -0.2) is 4.98 Å². The Hall–Kier alpha value is -0.450. The van der Waals surface area contributed by atoms with E-state index >= 15 is 0 Å². The van der Waals surface area contributed by atoms with Crippen LogP contribution in [0, 0.1) is 6.92 Å². The summed E-state index contributed by atoms with van der Waals surface area (Å²) in [5, 5.41) is 6.74. The monoisotopic (exact) mass is 212 g/mol. The Labute approximate surface area is 88.5 Å². The van der Waals surface area contributed by atoms with Gasteiger partial charge in [0.2, 0.25) is 0 Å². The Kier molecular flexibility index (Phi) is 2.85. The third-order valence-corrected chi connectivity index (χ3v) is 4.02. The molecule has 0 radical (unpaired) electrons. The van der Waals surface area contributed by atoms with Crippen LogP contribution >= 0.6 is 11.3 Å². The van der Waals surface area contributed by atoms with Gasteiger partial charge in [-0.1, -0.05) is 0 Å². The van der Waals surface area contributed by atoms with Gasteiger partial charge < -0.3 is 10.1 Å². The SMILES string of the molecule is CNC1(c2nc(C)cs2)CCOCC1. The van der Waals surface area contributed by atoms with Gasteiger partial charge in [-0.15, -0.1) is 11.3 Å². The van der Waals surface area contributed by atoms with E-state index in [-0.39, 0.29) is 5.54 Å². The molecule has 1 fully saturated rings. The van der Waals surface area contributed by atoms with E-state index < -0.39 is 0 Å². The van der Waals surface area contributed by atoms with Crippen molar-refractivity contribution in [3.05, 3.63) is 16.1 Å². The van der Waals surface area contributed by atoms with E-state index in [0.29, 0.717) is 0 Å². The molecule has 4 heteroatoms. The summed E-state index contributed by atoms with van der Waals surface area (Å²) in [6.07, 6.45) is 2.05. The number of nitrogens with one attached hydrogen (secondary N) is 1. The lowest BCUT2D eigenvalue weighted by atomic mass is 9.91. The third kappa shape index (κ3) is 1.69. The number of rotatable bonds is 2. The van der Waals surface area contributed by atoms with Crippen molar-refractivity contribution in [2.45, 2.75) is 25.3 Å². The van der Waals surface area contributed by atoms with E-state index in [9.17, 15) is 0 Å². The number of ether oxygens (including phenoxy) is 1. The highest BCUT2D eigenvalue weighted by molar-refractivity contribution is 7.09. The van der Waals surface area contributed by atoms with Gasteiger partial charge in [0.05, 0.1) is 5.54 Å². The molecule has 0 saturated carbocycles. The van der Waals surface area contributed by atoms with Crippen LogP contribution < -0.4 is 5.32 Å². The van der Waals surface area contributed by atoms with Crippen LogP contribution in [0.15, 0.2) is 5.38 Å². The first-order chi connectivity index (χ1) is 6.77. The summed E-state index contributed by atoms with van der Waals surface area (Å²) in [6.45, 7) is 3.71. The lowest BCUT2D eigenvalue weighted by Crippen LogP contribution is -2.44. The molecule has 1 N–H and O–H groups in total. The summed E-state index contributed by atoms with van der Waals surface area (Å²) in [5.74, 6) is 0. The normalized spacial score (nSPS) is 21.0. The van der Waals surface area contributed by atoms with Crippen molar-refractivity contribution in [3.8, 4) is 0 Å². The smallest absolute Gasteiger partial charge is 0.113 e. The maximum atomic E-state index is 5.39. The summed E-state index contributed by atoms with van der Waals surface area (Å²) >= 11 is 1.75. The van der Waals surface area contributed by atoms with E-state index in [4.69, 9.17) is 4.74 Å². The molecule has 2 heterocycles. The van der Waals surface area contributed by atoms with Gasteiger partial charge in [-0.2, -0.15) is 0 Å². The van der Waals surface area contributed by atoms with Gasteiger partial charge in [0.15, 0.2) is 0 Å². The number of hydrogen-bond donors (Lipinski definition) is 1. The van der Waals surface area contributed by atoms with Crippen molar-refractivity contribution >= 4 is 11.3 Å². The average molecular weight is 212 g/mol. The summed E-state index contributed by atoms with van der Waals surface area (Å²) in [7, 11) is 2.02. The van der Waals surface area contributed by atoms with Gasteiger partial charge in [-0.3, -0.25) is 0 Å². The maximum Gasteiger partial charge on any atom is 0.113 e. The minimum absolute atomic E-state index is 0.0666. The third-order valence-electron chi connectivity index (χ3n) is 2.85. The Morgan fingerprint density at radius 1 is 1.50 bits per heavy atom. The highest BCUT2D eigenvalue weighted by Gasteiger charge is 2.35. The summed E-state index contributed by atoms with van der Waals surface area (Å²) < 4.78 is 5.39. The van der Waals surface area contributed by atoms with Gasteiger partial charge in [0, 0.05) is 24.3 Å². The molecular weight excluding hydrogens is 196 g/mol. The number of thiazole rings is 1. The zero-order chi connectivity index (χ0) is 10.0. The molecule has 0 bridgehead atoms. The zero-order valence-corrected chi connectivity index (χ0v) is 9.49. The number of aromatic nitrogens is 1. The molecule has 0 aliphatic carbocycles. The van der Waals surface area contributed by atoms with Crippen LogP contribution in [0.25, 0.3) is 0 Å². The minimum Gasteiger partial charge on any atom is -0.381 e. The quantitative estimate of drug-likeness (QED) is 0.810. The summed E-state index contributed by atoms with van der Waals surface area (Å²) in [5.41, 5.74) is 1.18. The van der Waals surface area contributed by atoms with Gasteiger partial charge in [0.1, 0.15) is 5.01 Å². The van der Waals surface area contributed by atoms with Crippen LogP contribution in [0.5, 0.6) is 0 Å². The molecule has 0 unspecified atom stereocenters. The van der Waals surface area contributed by atoms with E-state index in [1.165, 1.54) is 5.01 Å². The molecule has 1 aliphatic heterocycles. The Morgan fingerprint density at radius 3 is 2.71 bits per heavy atom. The van der Waals surface area contributed by atoms with Crippen molar-refractivity contribution in [2.24, 2.45) is 0 Å². The first kappa shape index (κ1) is 10.1. The van der Waals surface area contributed by atoms with Crippen LogP contribution in [-0.2, 0) is 10.3 Å². The Bertz CT molecular complexity index is 305. The number of hydrogen-bond acceptors (Lipinski definition) is 4. The van der Waals surface area contributed by atoms with E-state index in [0.717, 1.165) is 31.7 Å². The van der Waals surface area contributed by atoms with Crippen molar-refractivity contribution in [3.63, 3.8) is 0 Å². The predicted molar refractivity (Wildman–Crippen MR) is 57.6 cm³/mol. The zero-order valence-electron chi connectivity index (χ0n) is 8.67. The van der Waals surface area contributed by atoms with E-state index in [2.05, 4.69) is 15.7 Å².